The van der Waals surface area contributed by atoms with Crippen LogP contribution in [0.2, 0.25) is 0 Å². The van der Waals surface area contributed by atoms with E-state index in [4.69, 9.17) is 14.2 Å². The second-order valence-corrected chi connectivity index (χ2v) is 6.90. The zero-order chi connectivity index (χ0) is 14.9. The van der Waals surface area contributed by atoms with Gasteiger partial charge in [-0.2, -0.15) is 0 Å². The molecule has 0 aromatic rings. The third-order valence-corrected chi connectivity index (χ3v) is 2.93. The Kier molecular flexibility index (Phi) is 9.67. The van der Waals surface area contributed by atoms with Gasteiger partial charge in [0.1, 0.15) is 0 Å². The monoisotopic (exact) mass is 274 g/mol. The van der Waals surface area contributed by atoms with Gasteiger partial charge < -0.3 is 14.2 Å². The van der Waals surface area contributed by atoms with Gasteiger partial charge in [-0.05, 0) is 31.6 Å². The van der Waals surface area contributed by atoms with Crippen molar-refractivity contribution in [3.8, 4) is 0 Å². The van der Waals surface area contributed by atoms with E-state index in [2.05, 4.69) is 34.6 Å². The molecule has 0 N–H and O–H groups in total. The molecule has 3 nitrogen and oxygen atoms in total. The van der Waals surface area contributed by atoms with E-state index >= 15 is 0 Å². The summed E-state index contributed by atoms with van der Waals surface area (Å²) in [6.07, 6.45) is 1.49. The van der Waals surface area contributed by atoms with Gasteiger partial charge in [0.2, 0.25) is 0 Å². The van der Waals surface area contributed by atoms with Crippen LogP contribution >= 0.6 is 0 Å². The topological polar surface area (TPSA) is 27.7 Å². The lowest BCUT2D eigenvalue weighted by Crippen LogP contribution is -2.35. The second kappa shape index (κ2) is 9.73. The maximum atomic E-state index is 5.91. The van der Waals surface area contributed by atoms with Crippen LogP contribution in [-0.4, -0.2) is 38.6 Å². The molecule has 0 heterocycles. The van der Waals surface area contributed by atoms with Crippen molar-refractivity contribution in [1.82, 2.24) is 0 Å². The standard InChI is InChI=1S/C16H34O3/c1-13(2)8-9-17-12-15(16(5,6)7)19-11-10-18-14(3)4/h13-15H,8-12H2,1-7H3. The lowest BCUT2D eigenvalue weighted by molar-refractivity contribution is -0.0882. The molecule has 0 aliphatic carbocycles. The minimum Gasteiger partial charge on any atom is -0.379 e. The SMILES string of the molecule is CC(C)CCOCC(OCCOC(C)C)C(C)(C)C. The zero-order valence-electron chi connectivity index (χ0n) is 14.0. The van der Waals surface area contributed by atoms with Crippen LogP contribution in [0.1, 0.15) is 54.9 Å². The van der Waals surface area contributed by atoms with Crippen LogP contribution in [0, 0.1) is 11.3 Å². The minimum atomic E-state index is 0.0929. The Bertz CT molecular complexity index is 191. The minimum absolute atomic E-state index is 0.0929. The van der Waals surface area contributed by atoms with Crippen molar-refractivity contribution in [3.05, 3.63) is 0 Å². The maximum absolute atomic E-state index is 5.91. The Morgan fingerprint density at radius 3 is 1.89 bits per heavy atom. The smallest absolute Gasteiger partial charge is 0.0857 e. The van der Waals surface area contributed by atoms with Crippen LogP contribution in [0.4, 0.5) is 0 Å². The summed E-state index contributed by atoms with van der Waals surface area (Å²) in [6, 6.07) is 0. The van der Waals surface area contributed by atoms with Crippen molar-refractivity contribution in [1.29, 1.82) is 0 Å². The molecule has 0 radical (unpaired) electrons. The summed E-state index contributed by atoms with van der Waals surface area (Å²) < 4.78 is 17.2. The van der Waals surface area contributed by atoms with Crippen molar-refractivity contribution in [3.63, 3.8) is 0 Å². The predicted molar refractivity (Wildman–Crippen MR) is 80.6 cm³/mol. The molecule has 0 saturated carbocycles. The predicted octanol–water partition coefficient (Wildman–Crippen LogP) is 3.91. The Balaban J connectivity index is 3.90. The van der Waals surface area contributed by atoms with Crippen LogP contribution in [0.15, 0.2) is 0 Å². The number of ether oxygens (including phenoxy) is 3. The van der Waals surface area contributed by atoms with Crippen LogP contribution < -0.4 is 0 Å². The first-order valence-corrected chi connectivity index (χ1v) is 7.54. The number of rotatable bonds is 10. The first-order valence-electron chi connectivity index (χ1n) is 7.54. The van der Waals surface area contributed by atoms with E-state index in [0.29, 0.717) is 25.7 Å². The molecule has 3 heteroatoms. The van der Waals surface area contributed by atoms with Crippen molar-refractivity contribution in [2.45, 2.75) is 67.1 Å². The normalized spacial score (nSPS) is 14.4. The molecule has 0 bridgehead atoms. The van der Waals surface area contributed by atoms with Gasteiger partial charge in [-0.15, -0.1) is 0 Å². The average molecular weight is 274 g/mol. The van der Waals surface area contributed by atoms with Gasteiger partial charge in [0.05, 0.1) is 32.0 Å². The third-order valence-electron chi connectivity index (χ3n) is 2.93. The van der Waals surface area contributed by atoms with E-state index in [0.717, 1.165) is 13.0 Å². The van der Waals surface area contributed by atoms with Gasteiger partial charge >= 0.3 is 0 Å². The summed E-state index contributed by atoms with van der Waals surface area (Å²) in [6.45, 7) is 17.8. The summed E-state index contributed by atoms with van der Waals surface area (Å²) in [5, 5.41) is 0. The fourth-order valence-electron chi connectivity index (χ4n) is 1.53. The van der Waals surface area contributed by atoms with Crippen molar-refractivity contribution in [2.24, 2.45) is 11.3 Å². The summed E-state index contributed by atoms with van der Waals surface area (Å²) in [4.78, 5) is 0. The molecule has 0 aliphatic rings. The molecule has 0 spiro atoms. The molecule has 0 rings (SSSR count). The van der Waals surface area contributed by atoms with Crippen LogP contribution in [0.5, 0.6) is 0 Å². The van der Waals surface area contributed by atoms with E-state index in [-0.39, 0.29) is 17.6 Å². The lowest BCUT2D eigenvalue weighted by atomic mass is 9.89. The van der Waals surface area contributed by atoms with Gasteiger partial charge in [-0.1, -0.05) is 34.6 Å². The highest BCUT2D eigenvalue weighted by Gasteiger charge is 2.25. The number of hydrogen-bond acceptors (Lipinski definition) is 3. The highest BCUT2D eigenvalue weighted by molar-refractivity contribution is 4.74. The van der Waals surface area contributed by atoms with Crippen molar-refractivity contribution >= 4 is 0 Å². The van der Waals surface area contributed by atoms with E-state index < -0.39 is 0 Å². The van der Waals surface area contributed by atoms with Gasteiger partial charge in [0, 0.05) is 6.61 Å². The summed E-state index contributed by atoms with van der Waals surface area (Å²) in [5.74, 6) is 0.688. The molecule has 1 unspecified atom stereocenters. The highest BCUT2D eigenvalue weighted by atomic mass is 16.6. The van der Waals surface area contributed by atoms with Crippen LogP contribution in [0.3, 0.4) is 0 Å². The molecule has 116 valence electrons. The largest absolute Gasteiger partial charge is 0.379 e. The Morgan fingerprint density at radius 2 is 1.42 bits per heavy atom. The van der Waals surface area contributed by atoms with E-state index in [1.54, 1.807) is 0 Å². The van der Waals surface area contributed by atoms with E-state index in [9.17, 15) is 0 Å². The number of hydrogen-bond donors (Lipinski definition) is 0. The average Bonchev–Trinajstić information content (AvgIpc) is 2.24. The fourth-order valence-corrected chi connectivity index (χ4v) is 1.53. The molecule has 0 amide bonds. The Labute approximate surface area is 120 Å². The second-order valence-electron chi connectivity index (χ2n) is 6.90. The zero-order valence-corrected chi connectivity index (χ0v) is 14.0. The van der Waals surface area contributed by atoms with Gasteiger partial charge in [-0.3, -0.25) is 0 Å². The lowest BCUT2D eigenvalue weighted by Gasteiger charge is -2.30. The Morgan fingerprint density at radius 1 is 0.842 bits per heavy atom. The van der Waals surface area contributed by atoms with E-state index in [1.165, 1.54) is 0 Å². The first kappa shape index (κ1) is 18.9. The molecular formula is C16H34O3. The molecule has 0 aromatic carbocycles. The van der Waals surface area contributed by atoms with Gasteiger partial charge in [0.15, 0.2) is 0 Å². The first-order chi connectivity index (χ1) is 8.73. The quantitative estimate of drug-likeness (QED) is 0.565. The summed E-state index contributed by atoms with van der Waals surface area (Å²) >= 11 is 0. The van der Waals surface area contributed by atoms with Crippen LogP contribution in [-0.2, 0) is 14.2 Å². The molecule has 0 aromatic heterocycles. The van der Waals surface area contributed by atoms with E-state index in [1.807, 2.05) is 13.8 Å². The Hall–Kier alpha value is -0.120. The highest BCUT2D eigenvalue weighted by Crippen LogP contribution is 2.22. The fraction of sp³-hybridized carbons (Fsp3) is 1.00. The van der Waals surface area contributed by atoms with Crippen LogP contribution in [0.25, 0.3) is 0 Å². The molecule has 1 atom stereocenters. The molecule has 0 aliphatic heterocycles. The third kappa shape index (κ3) is 11.4. The summed E-state index contributed by atoms with van der Waals surface area (Å²) in [5.41, 5.74) is 0.0929. The van der Waals surface area contributed by atoms with Gasteiger partial charge in [-0.25, -0.2) is 0 Å². The summed E-state index contributed by atoms with van der Waals surface area (Å²) in [7, 11) is 0. The van der Waals surface area contributed by atoms with Gasteiger partial charge in [0.25, 0.3) is 0 Å². The van der Waals surface area contributed by atoms with Crippen molar-refractivity contribution in [2.75, 3.05) is 26.4 Å². The molecule has 19 heavy (non-hydrogen) atoms. The maximum Gasteiger partial charge on any atom is 0.0857 e. The van der Waals surface area contributed by atoms with Crippen molar-refractivity contribution < 1.29 is 14.2 Å². The molecule has 0 fully saturated rings. The molecule has 0 saturated heterocycles. The molecular weight excluding hydrogens is 240 g/mol.